The zero-order valence-corrected chi connectivity index (χ0v) is 11.9. The first-order valence-corrected chi connectivity index (χ1v) is 7.05. The molecule has 1 aliphatic heterocycles. The molecule has 1 atom stereocenters. The van der Waals surface area contributed by atoms with Crippen molar-refractivity contribution < 1.29 is 4.79 Å². The van der Waals surface area contributed by atoms with E-state index in [1.54, 1.807) is 0 Å². The summed E-state index contributed by atoms with van der Waals surface area (Å²) in [5.74, 6) is 0.112. The number of benzene rings is 1. The number of pyridine rings is 1. The van der Waals surface area contributed by atoms with Crippen LogP contribution in [0.5, 0.6) is 0 Å². The number of para-hydroxylation sites is 1. The quantitative estimate of drug-likeness (QED) is 0.861. The second-order valence-corrected chi connectivity index (χ2v) is 5.38. The number of rotatable bonds is 1. The zero-order valence-electron chi connectivity index (χ0n) is 11.9. The van der Waals surface area contributed by atoms with Gasteiger partial charge in [-0.25, -0.2) is 0 Å². The molecule has 2 aromatic rings. The number of carbonyl (C=O) groups excluding carboxylic acids is 1. The molecule has 1 aliphatic rings. The van der Waals surface area contributed by atoms with E-state index in [0.717, 1.165) is 41.8 Å². The normalized spacial score (nSPS) is 19.3. The monoisotopic (exact) mass is 269 g/mol. The number of piperazine rings is 1. The molecule has 0 aliphatic carbocycles. The summed E-state index contributed by atoms with van der Waals surface area (Å²) in [4.78, 5) is 19.3. The van der Waals surface area contributed by atoms with Gasteiger partial charge in [-0.1, -0.05) is 18.2 Å². The molecular weight excluding hydrogens is 250 g/mol. The van der Waals surface area contributed by atoms with Crippen LogP contribution >= 0.6 is 0 Å². The van der Waals surface area contributed by atoms with Crippen LogP contribution in [0.2, 0.25) is 0 Å². The van der Waals surface area contributed by atoms with E-state index in [2.05, 4.69) is 17.2 Å². The molecule has 1 fully saturated rings. The van der Waals surface area contributed by atoms with Gasteiger partial charge in [-0.15, -0.1) is 0 Å². The molecule has 1 saturated heterocycles. The van der Waals surface area contributed by atoms with Crippen molar-refractivity contribution in [2.24, 2.45) is 0 Å². The minimum absolute atomic E-state index is 0.112. The van der Waals surface area contributed by atoms with Crippen LogP contribution in [0.1, 0.15) is 23.0 Å². The average Bonchev–Trinajstić information content (AvgIpc) is 2.46. The van der Waals surface area contributed by atoms with Crippen molar-refractivity contribution in [3.8, 4) is 0 Å². The van der Waals surface area contributed by atoms with E-state index in [9.17, 15) is 4.79 Å². The van der Waals surface area contributed by atoms with Crippen LogP contribution in [0.3, 0.4) is 0 Å². The summed E-state index contributed by atoms with van der Waals surface area (Å²) >= 11 is 0. The van der Waals surface area contributed by atoms with Gasteiger partial charge in [-0.3, -0.25) is 9.78 Å². The van der Waals surface area contributed by atoms with Gasteiger partial charge in [0.2, 0.25) is 0 Å². The highest BCUT2D eigenvalue weighted by molar-refractivity contribution is 6.06. The third kappa shape index (κ3) is 2.27. The van der Waals surface area contributed by atoms with Crippen LogP contribution in [0.15, 0.2) is 30.3 Å². The SMILES string of the molecule is Cc1cc(C(=O)N2CCNCC2C)c2ccccc2n1. The Kier molecular flexibility index (Phi) is 3.40. The van der Waals surface area contributed by atoms with E-state index in [1.165, 1.54) is 0 Å². The van der Waals surface area contributed by atoms with Crippen molar-refractivity contribution in [3.05, 3.63) is 41.6 Å². The maximum atomic E-state index is 12.8. The van der Waals surface area contributed by atoms with Crippen LogP contribution in [-0.2, 0) is 0 Å². The fourth-order valence-electron chi connectivity index (χ4n) is 2.78. The van der Waals surface area contributed by atoms with E-state index in [-0.39, 0.29) is 11.9 Å². The smallest absolute Gasteiger partial charge is 0.254 e. The van der Waals surface area contributed by atoms with E-state index in [1.807, 2.05) is 42.2 Å². The van der Waals surface area contributed by atoms with Crippen molar-refractivity contribution in [2.45, 2.75) is 19.9 Å². The van der Waals surface area contributed by atoms with Gasteiger partial charge >= 0.3 is 0 Å². The number of nitrogens with zero attached hydrogens (tertiary/aromatic N) is 2. The van der Waals surface area contributed by atoms with E-state index >= 15 is 0 Å². The Hall–Kier alpha value is -1.94. The predicted molar refractivity (Wildman–Crippen MR) is 79.8 cm³/mol. The second kappa shape index (κ2) is 5.21. The molecule has 1 aromatic heterocycles. The Balaban J connectivity index is 2.06. The lowest BCUT2D eigenvalue weighted by Gasteiger charge is -2.34. The first-order chi connectivity index (χ1) is 9.66. The van der Waals surface area contributed by atoms with Crippen molar-refractivity contribution in [1.29, 1.82) is 0 Å². The fraction of sp³-hybridized carbons (Fsp3) is 0.375. The van der Waals surface area contributed by atoms with Gasteiger partial charge in [-0.05, 0) is 26.0 Å². The summed E-state index contributed by atoms with van der Waals surface area (Å²) in [5.41, 5.74) is 2.54. The predicted octanol–water partition coefficient (Wildman–Crippen LogP) is 1.98. The highest BCUT2D eigenvalue weighted by Gasteiger charge is 2.25. The van der Waals surface area contributed by atoms with Gasteiger partial charge in [-0.2, -0.15) is 0 Å². The maximum Gasteiger partial charge on any atom is 0.254 e. The van der Waals surface area contributed by atoms with E-state index in [0.29, 0.717) is 0 Å². The lowest BCUT2D eigenvalue weighted by molar-refractivity contribution is 0.0657. The molecule has 0 bridgehead atoms. The minimum atomic E-state index is 0.112. The van der Waals surface area contributed by atoms with Gasteiger partial charge in [0.25, 0.3) is 5.91 Å². The maximum absolute atomic E-state index is 12.8. The molecule has 1 aromatic carbocycles. The fourth-order valence-corrected chi connectivity index (χ4v) is 2.78. The highest BCUT2D eigenvalue weighted by Crippen LogP contribution is 2.21. The van der Waals surface area contributed by atoms with E-state index in [4.69, 9.17) is 0 Å². The number of aryl methyl sites for hydroxylation is 1. The molecule has 0 spiro atoms. The van der Waals surface area contributed by atoms with E-state index < -0.39 is 0 Å². The molecule has 1 amide bonds. The van der Waals surface area contributed by atoms with Crippen molar-refractivity contribution in [2.75, 3.05) is 19.6 Å². The van der Waals surface area contributed by atoms with Gasteiger partial charge in [0.15, 0.2) is 0 Å². The average molecular weight is 269 g/mol. The number of hydrogen-bond acceptors (Lipinski definition) is 3. The number of carbonyl (C=O) groups is 1. The molecule has 0 radical (unpaired) electrons. The molecular formula is C16H19N3O. The van der Waals surface area contributed by atoms with Crippen molar-refractivity contribution >= 4 is 16.8 Å². The standard InChI is InChI=1S/C16H19N3O/c1-11-9-14(13-5-3-4-6-15(13)18-11)16(20)19-8-7-17-10-12(19)2/h3-6,9,12,17H,7-8,10H2,1-2H3. The summed E-state index contributed by atoms with van der Waals surface area (Å²) in [6, 6.07) is 9.97. The van der Waals surface area contributed by atoms with Crippen LogP contribution in [0.4, 0.5) is 0 Å². The summed E-state index contributed by atoms with van der Waals surface area (Å²) < 4.78 is 0. The van der Waals surface area contributed by atoms with Crippen molar-refractivity contribution in [1.82, 2.24) is 15.2 Å². The Morgan fingerprint density at radius 3 is 3.00 bits per heavy atom. The third-order valence-electron chi connectivity index (χ3n) is 3.84. The molecule has 1 unspecified atom stereocenters. The summed E-state index contributed by atoms with van der Waals surface area (Å²) in [6.07, 6.45) is 0. The Bertz CT molecular complexity index is 653. The second-order valence-electron chi connectivity index (χ2n) is 5.38. The lowest BCUT2D eigenvalue weighted by atomic mass is 10.0. The molecule has 4 heteroatoms. The Morgan fingerprint density at radius 2 is 2.20 bits per heavy atom. The Morgan fingerprint density at radius 1 is 1.40 bits per heavy atom. The lowest BCUT2D eigenvalue weighted by Crippen LogP contribution is -2.52. The van der Waals surface area contributed by atoms with Crippen LogP contribution in [0.25, 0.3) is 10.9 Å². The van der Waals surface area contributed by atoms with Gasteiger partial charge in [0.05, 0.1) is 11.1 Å². The number of amides is 1. The largest absolute Gasteiger partial charge is 0.333 e. The summed E-state index contributed by atoms with van der Waals surface area (Å²) in [6.45, 7) is 6.49. The van der Waals surface area contributed by atoms with Gasteiger partial charge < -0.3 is 10.2 Å². The first kappa shape index (κ1) is 13.1. The van der Waals surface area contributed by atoms with Gasteiger partial charge in [0.1, 0.15) is 0 Å². The molecule has 4 nitrogen and oxygen atoms in total. The van der Waals surface area contributed by atoms with Crippen LogP contribution < -0.4 is 5.32 Å². The molecule has 1 N–H and O–H groups in total. The summed E-state index contributed by atoms with van der Waals surface area (Å²) in [7, 11) is 0. The topological polar surface area (TPSA) is 45.2 Å². The molecule has 2 heterocycles. The number of hydrogen-bond donors (Lipinski definition) is 1. The van der Waals surface area contributed by atoms with Crippen LogP contribution in [-0.4, -0.2) is 41.5 Å². The highest BCUT2D eigenvalue weighted by atomic mass is 16.2. The number of aromatic nitrogens is 1. The first-order valence-electron chi connectivity index (χ1n) is 7.05. The third-order valence-corrected chi connectivity index (χ3v) is 3.84. The Labute approximate surface area is 118 Å². The summed E-state index contributed by atoms with van der Waals surface area (Å²) in [5, 5.41) is 4.25. The molecule has 0 saturated carbocycles. The van der Waals surface area contributed by atoms with Crippen LogP contribution in [0, 0.1) is 6.92 Å². The van der Waals surface area contributed by atoms with Gasteiger partial charge in [0, 0.05) is 36.8 Å². The number of nitrogens with one attached hydrogen (secondary N) is 1. The minimum Gasteiger partial charge on any atom is -0.333 e. The zero-order chi connectivity index (χ0) is 14.1. The molecule has 104 valence electrons. The molecule has 3 rings (SSSR count). The van der Waals surface area contributed by atoms with Crippen molar-refractivity contribution in [3.63, 3.8) is 0 Å². The number of fused-ring (bicyclic) bond motifs is 1. The molecule has 20 heavy (non-hydrogen) atoms.